The summed E-state index contributed by atoms with van der Waals surface area (Å²) in [7, 11) is 1.51. The van der Waals surface area contributed by atoms with Crippen molar-refractivity contribution in [2.45, 2.75) is 36.6 Å². The maximum Gasteiger partial charge on any atom is 0.239 e. The summed E-state index contributed by atoms with van der Waals surface area (Å²) in [6, 6.07) is 0.240. The molecular weight excluding hydrogens is 338 g/mol. The van der Waals surface area contributed by atoms with Crippen LogP contribution in [0.2, 0.25) is 0 Å². The van der Waals surface area contributed by atoms with Crippen LogP contribution in [-0.4, -0.2) is 53.3 Å². The van der Waals surface area contributed by atoms with Crippen LogP contribution in [0.25, 0.3) is 0 Å². The summed E-state index contributed by atoms with van der Waals surface area (Å²) >= 11 is 2.55. The van der Waals surface area contributed by atoms with E-state index in [1.807, 2.05) is 6.92 Å². The highest BCUT2D eigenvalue weighted by molar-refractivity contribution is 8.01. The average molecular weight is 357 g/mol. The molecule has 0 aliphatic heterocycles. The highest BCUT2D eigenvalue weighted by Gasteiger charge is 2.35. The first kappa shape index (κ1) is 17.7. The number of carbonyl (C=O) groups is 3. The van der Waals surface area contributed by atoms with Gasteiger partial charge in [0.15, 0.2) is 4.34 Å². The van der Waals surface area contributed by atoms with Crippen molar-refractivity contribution in [2.24, 2.45) is 0 Å². The molecule has 2 N–H and O–H groups in total. The first-order valence-electron chi connectivity index (χ1n) is 7.30. The van der Waals surface area contributed by atoms with E-state index in [1.165, 1.54) is 30.1 Å². The van der Waals surface area contributed by atoms with E-state index in [1.54, 1.807) is 4.90 Å². The maximum atomic E-state index is 12.0. The molecule has 0 unspecified atom stereocenters. The van der Waals surface area contributed by atoms with Crippen molar-refractivity contribution in [2.75, 3.05) is 24.2 Å². The van der Waals surface area contributed by atoms with E-state index in [4.69, 9.17) is 0 Å². The molecule has 0 saturated heterocycles. The van der Waals surface area contributed by atoms with Crippen LogP contribution in [0.3, 0.4) is 0 Å². The summed E-state index contributed by atoms with van der Waals surface area (Å²) in [6.07, 6.45) is 2.42. The third-order valence-corrected chi connectivity index (χ3v) is 5.19. The van der Waals surface area contributed by atoms with Crippen LogP contribution in [0, 0.1) is 0 Å². The summed E-state index contributed by atoms with van der Waals surface area (Å²) in [5, 5.41) is 13.6. The fourth-order valence-electron chi connectivity index (χ4n) is 1.77. The van der Waals surface area contributed by atoms with E-state index >= 15 is 0 Å². The molecule has 0 atom stereocenters. The van der Waals surface area contributed by atoms with Gasteiger partial charge in [0, 0.05) is 19.5 Å². The monoisotopic (exact) mass is 357 g/mol. The van der Waals surface area contributed by atoms with Gasteiger partial charge in [-0.1, -0.05) is 30.0 Å². The fraction of sp³-hybridized carbons (Fsp3) is 0.615. The number of nitrogens with zero attached hydrogens (tertiary/aromatic N) is 3. The second-order valence-electron chi connectivity index (χ2n) is 4.94. The van der Waals surface area contributed by atoms with E-state index in [0.717, 1.165) is 12.8 Å². The highest BCUT2D eigenvalue weighted by atomic mass is 32.2. The first-order chi connectivity index (χ1) is 11.0. The molecule has 1 aromatic heterocycles. The molecule has 2 rings (SSSR count). The van der Waals surface area contributed by atoms with Crippen molar-refractivity contribution in [3.63, 3.8) is 0 Å². The molecule has 1 aromatic rings. The van der Waals surface area contributed by atoms with Crippen LogP contribution in [0.4, 0.5) is 5.13 Å². The molecule has 0 bridgehead atoms. The molecule has 0 spiro atoms. The SMILES string of the molecule is CCC(=O)N(c1nnc(SCC(=O)NCC(=O)NC)s1)C1CC1. The van der Waals surface area contributed by atoms with Crippen LogP contribution in [0.1, 0.15) is 26.2 Å². The fourth-order valence-corrected chi connectivity index (χ4v) is 3.53. The number of likely N-dealkylation sites (N-methyl/N-ethyl adjacent to an activating group) is 1. The Kier molecular flexibility index (Phi) is 6.34. The Bertz CT molecular complexity index is 588. The number of carbonyl (C=O) groups excluding carboxylic acids is 3. The Balaban J connectivity index is 1.85. The minimum absolute atomic E-state index is 0.0439. The summed E-state index contributed by atoms with van der Waals surface area (Å²) in [4.78, 5) is 36.4. The lowest BCUT2D eigenvalue weighted by atomic mass is 10.4. The normalized spacial score (nSPS) is 13.5. The molecule has 126 valence electrons. The Morgan fingerprint density at radius 1 is 1.30 bits per heavy atom. The lowest BCUT2D eigenvalue weighted by Crippen LogP contribution is -2.35. The molecule has 0 aromatic carbocycles. The molecule has 1 saturated carbocycles. The molecule has 1 heterocycles. The van der Waals surface area contributed by atoms with Crippen LogP contribution < -0.4 is 15.5 Å². The van der Waals surface area contributed by atoms with Crippen LogP contribution in [0.15, 0.2) is 4.34 Å². The van der Waals surface area contributed by atoms with Gasteiger partial charge in [0.2, 0.25) is 22.9 Å². The summed E-state index contributed by atoms with van der Waals surface area (Å²) in [5.74, 6) is -0.307. The van der Waals surface area contributed by atoms with Crippen molar-refractivity contribution in [3.05, 3.63) is 0 Å². The lowest BCUT2D eigenvalue weighted by Gasteiger charge is -2.17. The molecule has 1 fully saturated rings. The van der Waals surface area contributed by atoms with Gasteiger partial charge in [-0.2, -0.15) is 0 Å². The van der Waals surface area contributed by atoms with Crippen molar-refractivity contribution in [1.82, 2.24) is 20.8 Å². The smallest absolute Gasteiger partial charge is 0.239 e. The number of anilines is 1. The van der Waals surface area contributed by atoms with Crippen molar-refractivity contribution in [1.29, 1.82) is 0 Å². The van der Waals surface area contributed by atoms with Crippen molar-refractivity contribution >= 4 is 46.0 Å². The number of nitrogens with one attached hydrogen (secondary N) is 2. The van der Waals surface area contributed by atoms with E-state index in [2.05, 4.69) is 20.8 Å². The molecule has 3 amide bonds. The molecule has 8 nitrogen and oxygen atoms in total. The van der Waals surface area contributed by atoms with Crippen molar-refractivity contribution in [3.8, 4) is 0 Å². The molecule has 1 aliphatic carbocycles. The minimum atomic E-state index is -0.251. The number of hydrogen-bond acceptors (Lipinski definition) is 7. The van der Waals surface area contributed by atoms with Gasteiger partial charge >= 0.3 is 0 Å². The number of thioether (sulfide) groups is 1. The lowest BCUT2D eigenvalue weighted by molar-refractivity contribution is -0.124. The Morgan fingerprint density at radius 2 is 2.04 bits per heavy atom. The Hall–Kier alpha value is -1.68. The van der Waals surface area contributed by atoms with E-state index < -0.39 is 0 Å². The van der Waals surface area contributed by atoms with Crippen LogP contribution in [0.5, 0.6) is 0 Å². The predicted molar refractivity (Wildman–Crippen MR) is 88.5 cm³/mol. The third kappa shape index (κ3) is 5.17. The van der Waals surface area contributed by atoms with Gasteiger partial charge in [-0.15, -0.1) is 10.2 Å². The summed E-state index contributed by atoms with van der Waals surface area (Å²) in [6.45, 7) is 1.78. The highest BCUT2D eigenvalue weighted by Crippen LogP contribution is 2.36. The van der Waals surface area contributed by atoms with Gasteiger partial charge in [-0.05, 0) is 12.8 Å². The topological polar surface area (TPSA) is 104 Å². The zero-order valence-electron chi connectivity index (χ0n) is 13.0. The largest absolute Gasteiger partial charge is 0.358 e. The van der Waals surface area contributed by atoms with E-state index in [0.29, 0.717) is 15.9 Å². The number of rotatable bonds is 8. The van der Waals surface area contributed by atoms with E-state index in [-0.39, 0.29) is 36.1 Å². The molecule has 0 radical (unpaired) electrons. The van der Waals surface area contributed by atoms with Gasteiger partial charge in [0.05, 0.1) is 12.3 Å². The number of aromatic nitrogens is 2. The van der Waals surface area contributed by atoms with Crippen molar-refractivity contribution < 1.29 is 14.4 Å². The Morgan fingerprint density at radius 3 is 2.65 bits per heavy atom. The molecule has 23 heavy (non-hydrogen) atoms. The average Bonchev–Trinajstić information content (AvgIpc) is 3.28. The van der Waals surface area contributed by atoms with Gasteiger partial charge in [-0.25, -0.2) is 0 Å². The second-order valence-corrected chi connectivity index (χ2v) is 7.12. The molecule has 10 heteroatoms. The van der Waals surface area contributed by atoms with E-state index in [9.17, 15) is 14.4 Å². The molecule has 1 aliphatic rings. The van der Waals surface area contributed by atoms with Gasteiger partial charge in [0.25, 0.3) is 0 Å². The Labute approximate surface area is 142 Å². The zero-order valence-corrected chi connectivity index (χ0v) is 14.6. The maximum absolute atomic E-state index is 12.0. The second kappa shape index (κ2) is 8.25. The van der Waals surface area contributed by atoms with Crippen LogP contribution in [-0.2, 0) is 14.4 Å². The van der Waals surface area contributed by atoms with Gasteiger partial charge in [-0.3, -0.25) is 19.3 Å². The molecular formula is C13H19N5O3S2. The van der Waals surface area contributed by atoms with Gasteiger partial charge in [0.1, 0.15) is 0 Å². The summed E-state index contributed by atoms with van der Waals surface area (Å²) in [5.41, 5.74) is 0. The number of amides is 3. The zero-order chi connectivity index (χ0) is 16.8. The summed E-state index contributed by atoms with van der Waals surface area (Å²) < 4.78 is 0.629. The quantitative estimate of drug-likeness (QED) is 0.515. The standard InChI is InChI=1S/C13H19N5O3S2/c1-3-11(21)18(8-4-5-8)12-16-17-13(23-12)22-7-10(20)15-6-9(19)14-2/h8H,3-7H2,1-2H3,(H,14,19)(H,15,20). The van der Waals surface area contributed by atoms with Crippen LogP contribution >= 0.6 is 23.1 Å². The first-order valence-corrected chi connectivity index (χ1v) is 9.11. The predicted octanol–water partition coefficient (Wildman–Crippen LogP) is 0.398. The third-order valence-electron chi connectivity index (χ3n) is 3.14. The number of hydrogen-bond donors (Lipinski definition) is 2. The minimum Gasteiger partial charge on any atom is -0.358 e. The van der Waals surface area contributed by atoms with Gasteiger partial charge < -0.3 is 10.6 Å².